The molecule has 2 heterocycles. The molecule has 0 atom stereocenters. The molecule has 0 unspecified atom stereocenters. The lowest BCUT2D eigenvalue weighted by Crippen LogP contribution is -2.21. The van der Waals surface area contributed by atoms with Crippen molar-refractivity contribution in [3.63, 3.8) is 0 Å². The van der Waals surface area contributed by atoms with Crippen LogP contribution in [0.4, 0.5) is 23.2 Å². The van der Waals surface area contributed by atoms with Gasteiger partial charge in [0.2, 0.25) is 0 Å². The van der Waals surface area contributed by atoms with Gasteiger partial charge in [0, 0.05) is 18.3 Å². The molecule has 0 bridgehead atoms. The van der Waals surface area contributed by atoms with Gasteiger partial charge in [0.25, 0.3) is 5.91 Å². The summed E-state index contributed by atoms with van der Waals surface area (Å²) in [6.07, 6.45) is -3.48. The zero-order valence-corrected chi connectivity index (χ0v) is 15.8. The molecular weight excluding hydrogens is 418 g/mol. The van der Waals surface area contributed by atoms with E-state index in [1.54, 1.807) is 23.7 Å². The maximum Gasteiger partial charge on any atom is 0.435 e. The quantitative estimate of drug-likeness (QED) is 0.500. The van der Waals surface area contributed by atoms with Gasteiger partial charge < -0.3 is 9.88 Å². The molecule has 0 spiro atoms. The van der Waals surface area contributed by atoms with Crippen molar-refractivity contribution in [2.45, 2.75) is 6.18 Å². The second kappa shape index (κ2) is 7.63. The summed E-state index contributed by atoms with van der Waals surface area (Å²) in [6.45, 7) is 0. The van der Waals surface area contributed by atoms with Crippen LogP contribution in [-0.4, -0.2) is 35.7 Å². The molecule has 0 aliphatic heterocycles. The molecule has 1 N–H and O–H groups in total. The van der Waals surface area contributed by atoms with Crippen molar-refractivity contribution in [3.05, 3.63) is 72.1 Å². The zero-order valence-electron chi connectivity index (χ0n) is 15.8. The Kier molecular flexibility index (Phi) is 4.97. The third-order valence-electron chi connectivity index (χ3n) is 4.30. The molecule has 0 saturated heterocycles. The highest BCUT2D eigenvalue weighted by molar-refractivity contribution is 6.04. The second-order valence-corrected chi connectivity index (χ2v) is 6.48. The van der Waals surface area contributed by atoms with Crippen LogP contribution in [0.15, 0.2) is 54.9 Å². The van der Waals surface area contributed by atoms with Gasteiger partial charge in [-0.25, -0.2) is 9.07 Å². The van der Waals surface area contributed by atoms with E-state index in [9.17, 15) is 22.4 Å². The van der Waals surface area contributed by atoms with E-state index in [2.05, 4.69) is 25.8 Å². The summed E-state index contributed by atoms with van der Waals surface area (Å²) >= 11 is 0. The van der Waals surface area contributed by atoms with Crippen LogP contribution in [0.2, 0.25) is 0 Å². The monoisotopic (exact) mass is 431 g/mol. The summed E-state index contributed by atoms with van der Waals surface area (Å²) in [5.41, 5.74) is -1.76. The van der Waals surface area contributed by atoms with E-state index >= 15 is 0 Å². The highest BCUT2D eigenvalue weighted by atomic mass is 19.4. The van der Waals surface area contributed by atoms with E-state index in [0.29, 0.717) is 16.1 Å². The molecule has 4 rings (SSSR count). The minimum absolute atomic E-state index is 0.219. The van der Waals surface area contributed by atoms with E-state index in [0.717, 1.165) is 12.1 Å². The Bertz CT molecular complexity index is 1260. The highest BCUT2D eigenvalue weighted by Crippen LogP contribution is 2.33. The molecule has 0 radical (unpaired) electrons. The fraction of sp³-hybridized carbons (Fsp3) is 0.105. The van der Waals surface area contributed by atoms with Crippen LogP contribution in [0.3, 0.4) is 0 Å². The van der Waals surface area contributed by atoms with Crippen molar-refractivity contribution in [1.82, 2.24) is 29.8 Å². The van der Waals surface area contributed by atoms with Gasteiger partial charge in [-0.15, -0.1) is 15.3 Å². The molecule has 2 aromatic carbocycles. The van der Waals surface area contributed by atoms with E-state index in [-0.39, 0.29) is 11.4 Å². The number of nitrogens with one attached hydrogen (secondary N) is 1. The first-order valence-corrected chi connectivity index (χ1v) is 8.78. The molecule has 12 heteroatoms. The number of amides is 1. The molecule has 4 aromatic rings. The maximum absolute atomic E-state index is 13.7. The predicted octanol–water partition coefficient (Wildman–Crippen LogP) is 3.47. The third-order valence-corrected chi connectivity index (χ3v) is 4.30. The van der Waals surface area contributed by atoms with Gasteiger partial charge in [0.1, 0.15) is 12.1 Å². The summed E-state index contributed by atoms with van der Waals surface area (Å²) in [7, 11) is 1.72. The number of anilines is 1. The number of carbonyl (C=O) groups excluding carboxylic acids is 1. The first kappa shape index (κ1) is 20.2. The second-order valence-electron chi connectivity index (χ2n) is 6.48. The first-order valence-electron chi connectivity index (χ1n) is 8.78. The van der Waals surface area contributed by atoms with Crippen LogP contribution in [0.5, 0.6) is 0 Å². The number of benzene rings is 2. The number of rotatable bonds is 4. The normalized spacial score (nSPS) is 11.5. The van der Waals surface area contributed by atoms with Crippen LogP contribution in [0, 0.1) is 5.82 Å². The SMILES string of the molecule is Cn1cnnc1-c1cccc(NC(=O)c2nnn(-c3cccc(F)c3)c2C(F)(F)F)c1. The van der Waals surface area contributed by atoms with Crippen molar-refractivity contribution >= 4 is 11.6 Å². The Morgan fingerprint density at radius 3 is 2.52 bits per heavy atom. The van der Waals surface area contributed by atoms with E-state index < -0.39 is 29.3 Å². The number of nitrogens with zero attached hydrogens (tertiary/aromatic N) is 6. The fourth-order valence-corrected chi connectivity index (χ4v) is 2.95. The van der Waals surface area contributed by atoms with Crippen LogP contribution < -0.4 is 5.32 Å². The first-order chi connectivity index (χ1) is 14.7. The minimum atomic E-state index is -4.97. The zero-order chi connectivity index (χ0) is 22.2. The third kappa shape index (κ3) is 3.99. The number of hydrogen-bond donors (Lipinski definition) is 1. The van der Waals surface area contributed by atoms with Gasteiger partial charge in [0.05, 0.1) is 5.69 Å². The van der Waals surface area contributed by atoms with Crippen LogP contribution in [0.25, 0.3) is 17.1 Å². The van der Waals surface area contributed by atoms with Crippen molar-refractivity contribution in [1.29, 1.82) is 0 Å². The van der Waals surface area contributed by atoms with E-state index in [1.807, 2.05) is 0 Å². The lowest BCUT2D eigenvalue weighted by atomic mass is 10.2. The van der Waals surface area contributed by atoms with Gasteiger partial charge in [-0.1, -0.05) is 23.4 Å². The molecule has 8 nitrogen and oxygen atoms in total. The maximum atomic E-state index is 13.7. The van der Waals surface area contributed by atoms with Crippen molar-refractivity contribution < 1.29 is 22.4 Å². The number of aromatic nitrogens is 6. The van der Waals surface area contributed by atoms with Gasteiger partial charge in [-0.05, 0) is 30.3 Å². The van der Waals surface area contributed by atoms with Gasteiger partial charge in [-0.2, -0.15) is 13.2 Å². The van der Waals surface area contributed by atoms with Crippen molar-refractivity contribution in [2.75, 3.05) is 5.32 Å². The Morgan fingerprint density at radius 2 is 1.84 bits per heavy atom. The molecule has 158 valence electrons. The Labute approximate surface area is 172 Å². The summed E-state index contributed by atoms with van der Waals surface area (Å²) in [4.78, 5) is 12.6. The molecule has 0 saturated carbocycles. The number of halogens is 4. The smallest absolute Gasteiger partial charge is 0.321 e. The lowest BCUT2D eigenvalue weighted by molar-refractivity contribution is -0.143. The van der Waals surface area contributed by atoms with Crippen LogP contribution in [-0.2, 0) is 13.2 Å². The molecule has 2 aromatic heterocycles. The summed E-state index contributed by atoms with van der Waals surface area (Å²) < 4.78 is 56.7. The number of carbonyl (C=O) groups is 1. The fourth-order valence-electron chi connectivity index (χ4n) is 2.95. The highest BCUT2D eigenvalue weighted by Gasteiger charge is 2.42. The largest absolute Gasteiger partial charge is 0.435 e. The average molecular weight is 431 g/mol. The summed E-state index contributed by atoms with van der Waals surface area (Å²) in [6, 6.07) is 10.7. The molecule has 31 heavy (non-hydrogen) atoms. The Morgan fingerprint density at radius 1 is 1.06 bits per heavy atom. The Hall–Kier alpha value is -4.09. The molecular formula is C19H13F4N7O. The molecule has 1 amide bonds. The molecule has 0 fully saturated rings. The Balaban J connectivity index is 1.69. The van der Waals surface area contributed by atoms with E-state index in [1.165, 1.54) is 30.6 Å². The summed E-state index contributed by atoms with van der Waals surface area (Å²) in [5.74, 6) is -1.37. The summed E-state index contributed by atoms with van der Waals surface area (Å²) in [5, 5.41) is 16.9. The van der Waals surface area contributed by atoms with Crippen LogP contribution in [0.1, 0.15) is 16.2 Å². The van der Waals surface area contributed by atoms with Gasteiger partial charge in [0.15, 0.2) is 17.2 Å². The lowest BCUT2D eigenvalue weighted by Gasteiger charge is -2.11. The standard InChI is InChI=1S/C19H13F4N7O/c1-29-10-24-27-17(29)11-4-2-6-13(8-11)25-18(31)15-16(19(21,22)23)30(28-26-15)14-7-3-5-12(20)9-14/h2-10H,1H3,(H,25,31). The predicted molar refractivity (Wildman–Crippen MR) is 101 cm³/mol. The number of aryl methyl sites for hydroxylation is 1. The van der Waals surface area contributed by atoms with Gasteiger partial charge >= 0.3 is 6.18 Å². The molecule has 0 aliphatic rings. The molecule has 0 aliphatic carbocycles. The van der Waals surface area contributed by atoms with Crippen molar-refractivity contribution in [3.8, 4) is 17.1 Å². The van der Waals surface area contributed by atoms with Crippen LogP contribution >= 0.6 is 0 Å². The topological polar surface area (TPSA) is 90.5 Å². The van der Waals surface area contributed by atoms with Gasteiger partial charge in [-0.3, -0.25) is 4.79 Å². The van der Waals surface area contributed by atoms with E-state index in [4.69, 9.17) is 0 Å². The number of hydrogen-bond acceptors (Lipinski definition) is 5. The minimum Gasteiger partial charge on any atom is -0.321 e. The number of alkyl halides is 3. The van der Waals surface area contributed by atoms with Crippen molar-refractivity contribution in [2.24, 2.45) is 7.05 Å². The average Bonchev–Trinajstić information content (AvgIpc) is 3.34.